The maximum Gasteiger partial charge on any atom is 0.245 e. The fourth-order valence-corrected chi connectivity index (χ4v) is 5.88. The number of fused-ring (bicyclic) bond motifs is 2. The molecule has 0 aliphatic carbocycles. The fourth-order valence-electron chi connectivity index (χ4n) is 5.88. The van der Waals surface area contributed by atoms with E-state index in [0.717, 1.165) is 73.0 Å². The van der Waals surface area contributed by atoms with Gasteiger partial charge in [-0.3, -0.25) is 4.79 Å². The summed E-state index contributed by atoms with van der Waals surface area (Å²) in [6, 6.07) is 13.6. The van der Waals surface area contributed by atoms with Crippen molar-refractivity contribution in [3.63, 3.8) is 0 Å². The maximum absolute atomic E-state index is 12.1. The standard InChI is InChI=1S/C30H29N9O2/c1-3-27(40)38-13-10-30(17-38)9-12-37(16-30)25-7-5-23-28(36-25)29(33-18-31-23)35-21-4-6-24(20(2)14-21)41-22-8-11-39-26(15-22)32-19-34-39/h3-8,11,14-15,18-19H,1,9-10,12-13,16-17H2,2H3,(H,31,33,35). The Hall–Kier alpha value is -5.06. The van der Waals surface area contributed by atoms with Gasteiger partial charge >= 0.3 is 0 Å². The van der Waals surface area contributed by atoms with Crippen LogP contribution < -0.4 is 15.0 Å². The van der Waals surface area contributed by atoms with Crippen LogP contribution in [0.1, 0.15) is 18.4 Å². The molecule has 6 heterocycles. The van der Waals surface area contributed by atoms with E-state index >= 15 is 0 Å². The first-order chi connectivity index (χ1) is 20.0. The predicted molar refractivity (Wildman–Crippen MR) is 156 cm³/mol. The zero-order valence-corrected chi connectivity index (χ0v) is 22.7. The van der Waals surface area contributed by atoms with Gasteiger partial charge in [-0.15, -0.1) is 0 Å². The Labute approximate surface area is 236 Å². The summed E-state index contributed by atoms with van der Waals surface area (Å²) < 4.78 is 7.81. The summed E-state index contributed by atoms with van der Waals surface area (Å²) in [7, 11) is 0. The van der Waals surface area contributed by atoms with Gasteiger partial charge in [0.2, 0.25) is 5.91 Å². The summed E-state index contributed by atoms with van der Waals surface area (Å²) in [5.74, 6) is 2.98. The third kappa shape index (κ3) is 4.69. The van der Waals surface area contributed by atoms with Crippen molar-refractivity contribution >= 4 is 39.9 Å². The Morgan fingerprint density at radius 2 is 1.95 bits per heavy atom. The molecule has 2 aliphatic rings. The average molecular weight is 548 g/mol. The van der Waals surface area contributed by atoms with Crippen molar-refractivity contribution in [2.45, 2.75) is 19.8 Å². The van der Waals surface area contributed by atoms with Gasteiger partial charge in [-0.05, 0) is 67.8 Å². The Morgan fingerprint density at radius 1 is 1.05 bits per heavy atom. The number of aromatic nitrogens is 6. The lowest BCUT2D eigenvalue weighted by Crippen LogP contribution is -2.33. The van der Waals surface area contributed by atoms with E-state index in [0.29, 0.717) is 17.1 Å². The maximum atomic E-state index is 12.1. The van der Waals surface area contributed by atoms with Crippen LogP contribution in [0, 0.1) is 12.3 Å². The Morgan fingerprint density at radius 3 is 2.83 bits per heavy atom. The topological polar surface area (TPSA) is 114 Å². The van der Waals surface area contributed by atoms with Crippen LogP contribution in [0.4, 0.5) is 17.3 Å². The van der Waals surface area contributed by atoms with Gasteiger partial charge in [0.05, 0.1) is 5.52 Å². The van der Waals surface area contributed by atoms with Crippen LogP contribution >= 0.6 is 0 Å². The van der Waals surface area contributed by atoms with Gasteiger partial charge in [0.1, 0.15) is 35.5 Å². The minimum absolute atomic E-state index is 0.0141. The lowest BCUT2D eigenvalue weighted by molar-refractivity contribution is -0.125. The van der Waals surface area contributed by atoms with Crippen LogP contribution in [0.25, 0.3) is 16.7 Å². The second kappa shape index (κ2) is 9.84. The zero-order chi connectivity index (χ0) is 28.0. The number of aryl methyl sites for hydroxylation is 1. The lowest BCUT2D eigenvalue weighted by Gasteiger charge is -2.25. The third-order valence-electron chi connectivity index (χ3n) is 8.07. The van der Waals surface area contributed by atoms with E-state index in [1.54, 1.807) is 10.8 Å². The summed E-state index contributed by atoms with van der Waals surface area (Å²) in [5.41, 5.74) is 4.13. The lowest BCUT2D eigenvalue weighted by atomic mass is 9.86. The summed E-state index contributed by atoms with van der Waals surface area (Å²) in [6.07, 6.45) is 8.32. The molecule has 1 atom stereocenters. The van der Waals surface area contributed by atoms with Crippen molar-refractivity contribution in [2.24, 2.45) is 5.41 Å². The SMILES string of the molecule is C=CC(=O)N1CCC2(CCN(c3ccc4ncnc(Nc5ccc(Oc6ccn7ncnc7c6)c(C)c5)c4n3)C2)C1. The summed E-state index contributed by atoms with van der Waals surface area (Å²) in [6.45, 7) is 8.96. The number of anilines is 3. The van der Waals surface area contributed by atoms with Crippen molar-refractivity contribution in [2.75, 3.05) is 36.4 Å². The molecule has 206 valence electrons. The number of amides is 1. The number of ether oxygens (including phenoxy) is 1. The minimum atomic E-state index is 0.0141. The van der Waals surface area contributed by atoms with E-state index in [1.807, 2.05) is 60.5 Å². The van der Waals surface area contributed by atoms with E-state index < -0.39 is 0 Å². The number of hydrogen-bond donors (Lipinski definition) is 1. The highest BCUT2D eigenvalue weighted by Crippen LogP contribution is 2.41. The molecule has 4 aromatic heterocycles. The van der Waals surface area contributed by atoms with Gasteiger partial charge < -0.3 is 19.9 Å². The second-order valence-electron chi connectivity index (χ2n) is 10.8. The third-order valence-corrected chi connectivity index (χ3v) is 8.07. The average Bonchev–Trinajstić information content (AvgIpc) is 3.74. The summed E-state index contributed by atoms with van der Waals surface area (Å²) in [5, 5.41) is 7.55. The number of pyridine rings is 2. The molecule has 1 unspecified atom stereocenters. The quantitative estimate of drug-likeness (QED) is 0.306. The molecule has 2 saturated heterocycles. The number of carbonyl (C=O) groups is 1. The molecule has 0 saturated carbocycles. The van der Waals surface area contributed by atoms with E-state index in [9.17, 15) is 4.79 Å². The first-order valence-corrected chi connectivity index (χ1v) is 13.6. The highest BCUT2D eigenvalue weighted by Gasteiger charge is 2.44. The number of nitrogens with one attached hydrogen (secondary N) is 1. The van der Waals surface area contributed by atoms with Crippen molar-refractivity contribution in [3.05, 3.63) is 79.5 Å². The number of carbonyl (C=O) groups excluding carboxylic acids is 1. The molecule has 1 spiro atoms. The second-order valence-corrected chi connectivity index (χ2v) is 10.8. The van der Waals surface area contributed by atoms with Crippen molar-refractivity contribution in [3.8, 4) is 11.5 Å². The molecule has 41 heavy (non-hydrogen) atoms. The van der Waals surface area contributed by atoms with Crippen LogP contribution in [0.2, 0.25) is 0 Å². The molecular formula is C30H29N9O2. The van der Waals surface area contributed by atoms with Crippen LogP contribution in [0.3, 0.4) is 0 Å². The molecule has 0 radical (unpaired) electrons. The largest absolute Gasteiger partial charge is 0.457 e. The van der Waals surface area contributed by atoms with Gasteiger partial charge in [-0.1, -0.05) is 6.58 Å². The highest BCUT2D eigenvalue weighted by atomic mass is 16.5. The normalized spacial score (nSPS) is 18.5. The van der Waals surface area contributed by atoms with Crippen molar-refractivity contribution < 1.29 is 9.53 Å². The molecule has 0 bridgehead atoms. The predicted octanol–water partition coefficient (Wildman–Crippen LogP) is 4.53. The first-order valence-electron chi connectivity index (χ1n) is 13.6. The number of hydrogen-bond acceptors (Lipinski definition) is 9. The molecule has 7 rings (SSSR count). The molecule has 11 heteroatoms. The minimum Gasteiger partial charge on any atom is -0.457 e. The van der Waals surface area contributed by atoms with E-state index in [2.05, 4.69) is 36.8 Å². The van der Waals surface area contributed by atoms with Crippen molar-refractivity contribution in [1.29, 1.82) is 0 Å². The van der Waals surface area contributed by atoms with Crippen LogP contribution in [0.15, 0.2) is 74.0 Å². The van der Waals surface area contributed by atoms with Crippen LogP contribution in [0.5, 0.6) is 11.5 Å². The van der Waals surface area contributed by atoms with Crippen molar-refractivity contribution in [1.82, 2.24) is 34.4 Å². The Bertz CT molecular complexity index is 1800. The molecule has 5 aromatic rings. The summed E-state index contributed by atoms with van der Waals surface area (Å²) in [4.78, 5) is 34.5. The Balaban J connectivity index is 1.10. The first kappa shape index (κ1) is 24.9. The smallest absolute Gasteiger partial charge is 0.245 e. The van der Waals surface area contributed by atoms with Gasteiger partial charge in [-0.25, -0.2) is 24.5 Å². The zero-order valence-electron chi connectivity index (χ0n) is 22.7. The van der Waals surface area contributed by atoms with Gasteiger partial charge in [-0.2, -0.15) is 5.10 Å². The summed E-state index contributed by atoms with van der Waals surface area (Å²) >= 11 is 0. The van der Waals surface area contributed by atoms with Crippen LogP contribution in [-0.4, -0.2) is 66.5 Å². The van der Waals surface area contributed by atoms with Gasteiger partial charge in [0.15, 0.2) is 11.5 Å². The molecule has 2 fully saturated rings. The number of benzene rings is 1. The molecular weight excluding hydrogens is 518 g/mol. The molecule has 1 N–H and O–H groups in total. The van der Waals surface area contributed by atoms with Gasteiger partial charge in [0.25, 0.3) is 0 Å². The van der Waals surface area contributed by atoms with E-state index in [1.165, 1.54) is 12.4 Å². The molecule has 11 nitrogen and oxygen atoms in total. The molecule has 1 aromatic carbocycles. The fraction of sp³-hybridized carbons (Fsp3) is 0.267. The Kier molecular flexibility index (Phi) is 5.99. The molecule has 2 aliphatic heterocycles. The van der Waals surface area contributed by atoms with Gasteiger partial charge in [0, 0.05) is 49.5 Å². The van der Waals surface area contributed by atoms with E-state index in [4.69, 9.17) is 9.72 Å². The highest BCUT2D eigenvalue weighted by molar-refractivity contribution is 5.88. The van der Waals surface area contributed by atoms with E-state index in [-0.39, 0.29) is 11.3 Å². The molecule has 1 amide bonds. The van der Waals surface area contributed by atoms with Crippen LogP contribution in [-0.2, 0) is 4.79 Å². The number of nitrogens with zero attached hydrogens (tertiary/aromatic N) is 8. The number of rotatable bonds is 6. The monoisotopic (exact) mass is 547 g/mol. The number of likely N-dealkylation sites (tertiary alicyclic amines) is 1.